The summed E-state index contributed by atoms with van der Waals surface area (Å²) in [6, 6.07) is 9.51. The van der Waals surface area contributed by atoms with E-state index in [2.05, 4.69) is 15.5 Å². The van der Waals surface area contributed by atoms with Crippen LogP contribution in [0.4, 0.5) is 0 Å². The summed E-state index contributed by atoms with van der Waals surface area (Å²) in [6.07, 6.45) is 3.67. The van der Waals surface area contributed by atoms with Crippen molar-refractivity contribution in [2.75, 3.05) is 12.3 Å². The van der Waals surface area contributed by atoms with E-state index in [-0.39, 0.29) is 23.6 Å². The van der Waals surface area contributed by atoms with Crippen LogP contribution in [0, 0.1) is 0 Å². The van der Waals surface area contributed by atoms with Crippen molar-refractivity contribution >= 4 is 34.5 Å². The van der Waals surface area contributed by atoms with E-state index in [1.165, 1.54) is 11.8 Å². The third kappa shape index (κ3) is 5.15. The first-order valence-electron chi connectivity index (χ1n) is 11.2. The van der Waals surface area contributed by atoms with Gasteiger partial charge in [0.25, 0.3) is 0 Å². The molecule has 1 saturated heterocycles. The van der Waals surface area contributed by atoms with Crippen LogP contribution in [0.25, 0.3) is 11.0 Å². The van der Waals surface area contributed by atoms with Crippen LogP contribution in [0.15, 0.2) is 39.9 Å². The Labute approximate surface area is 191 Å². The summed E-state index contributed by atoms with van der Waals surface area (Å²) < 4.78 is 7.83. The Bertz CT molecular complexity index is 1060. The molecule has 2 aromatic heterocycles. The predicted octanol–water partition coefficient (Wildman–Crippen LogP) is 3.92. The van der Waals surface area contributed by atoms with Gasteiger partial charge in [0.15, 0.2) is 11.0 Å². The van der Waals surface area contributed by atoms with Crippen LogP contribution in [0.5, 0.6) is 0 Å². The van der Waals surface area contributed by atoms with Gasteiger partial charge in [-0.2, -0.15) is 0 Å². The number of fused-ring (bicyclic) bond motifs is 1. The van der Waals surface area contributed by atoms with Crippen molar-refractivity contribution in [3.8, 4) is 0 Å². The number of aromatic nitrogens is 3. The number of amides is 2. The molecule has 3 aromatic rings. The number of rotatable bonds is 8. The standard InChI is InChI=1S/C23H29N5O3S/c1-3-28-20(14-27-12-8-4-5-11-22(27)30)25-26-23(28)32-15-21(29)24-16(2)19-13-17-9-6-7-10-18(17)31-19/h6-7,9-10,13,16H,3-5,8,11-12,14-15H2,1-2H3,(H,24,29). The predicted molar refractivity (Wildman–Crippen MR) is 123 cm³/mol. The first-order chi connectivity index (χ1) is 15.5. The second-order valence-electron chi connectivity index (χ2n) is 8.03. The molecule has 1 atom stereocenters. The van der Waals surface area contributed by atoms with Crippen molar-refractivity contribution in [2.45, 2.75) is 63.8 Å². The first kappa shape index (κ1) is 22.4. The number of hydrogen-bond acceptors (Lipinski definition) is 6. The number of furan rings is 1. The van der Waals surface area contributed by atoms with Gasteiger partial charge >= 0.3 is 0 Å². The van der Waals surface area contributed by atoms with Gasteiger partial charge in [0.05, 0.1) is 18.3 Å². The minimum Gasteiger partial charge on any atom is -0.459 e. The zero-order chi connectivity index (χ0) is 22.5. The quantitative estimate of drug-likeness (QED) is 0.518. The fourth-order valence-corrected chi connectivity index (χ4v) is 4.77. The SMILES string of the molecule is CCn1c(CN2CCCCCC2=O)nnc1SCC(=O)NC(C)c1cc2ccccc2o1. The average Bonchev–Trinajstić information content (AvgIpc) is 3.34. The Kier molecular flexibility index (Phi) is 7.14. The van der Waals surface area contributed by atoms with Gasteiger partial charge in [0, 0.05) is 24.9 Å². The molecule has 170 valence electrons. The molecule has 32 heavy (non-hydrogen) atoms. The van der Waals surface area contributed by atoms with Crippen molar-refractivity contribution in [1.29, 1.82) is 0 Å². The number of likely N-dealkylation sites (tertiary alicyclic amines) is 1. The fraction of sp³-hybridized carbons (Fsp3) is 0.478. The van der Waals surface area contributed by atoms with Gasteiger partial charge in [-0.25, -0.2) is 0 Å². The molecular weight excluding hydrogens is 426 g/mol. The third-order valence-electron chi connectivity index (χ3n) is 5.69. The fourth-order valence-electron chi connectivity index (χ4n) is 3.94. The number of carbonyl (C=O) groups excluding carboxylic acids is 2. The zero-order valence-electron chi connectivity index (χ0n) is 18.5. The first-order valence-corrected chi connectivity index (χ1v) is 12.1. The summed E-state index contributed by atoms with van der Waals surface area (Å²) in [4.78, 5) is 26.7. The van der Waals surface area contributed by atoms with Crippen molar-refractivity contribution in [1.82, 2.24) is 25.0 Å². The number of thioether (sulfide) groups is 1. The van der Waals surface area contributed by atoms with Crippen LogP contribution < -0.4 is 5.32 Å². The molecule has 8 nitrogen and oxygen atoms in total. The molecule has 0 radical (unpaired) electrons. The Hall–Kier alpha value is -2.81. The normalized spacial score (nSPS) is 15.7. The van der Waals surface area contributed by atoms with Crippen molar-refractivity contribution < 1.29 is 14.0 Å². The molecule has 1 unspecified atom stereocenters. The lowest BCUT2D eigenvalue weighted by molar-refractivity contribution is -0.131. The Morgan fingerprint density at radius 2 is 2.09 bits per heavy atom. The third-order valence-corrected chi connectivity index (χ3v) is 6.66. The molecule has 3 heterocycles. The van der Waals surface area contributed by atoms with Gasteiger partial charge in [-0.3, -0.25) is 9.59 Å². The number of para-hydroxylation sites is 1. The van der Waals surface area contributed by atoms with E-state index in [1.807, 2.05) is 53.6 Å². The van der Waals surface area contributed by atoms with E-state index in [4.69, 9.17) is 4.42 Å². The van der Waals surface area contributed by atoms with Crippen LogP contribution in [0.1, 0.15) is 57.2 Å². The molecule has 0 spiro atoms. The van der Waals surface area contributed by atoms with Gasteiger partial charge in [-0.15, -0.1) is 10.2 Å². The Balaban J connectivity index is 1.34. The topological polar surface area (TPSA) is 93.3 Å². The molecule has 0 aliphatic carbocycles. The van der Waals surface area contributed by atoms with Gasteiger partial charge in [0.1, 0.15) is 11.3 Å². The summed E-state index contributed by atoms with van der Waals surface area (Å²) >= 11 is 1.35. The van der Waals surface area contributed by atoms with E-state index in [9.17, 15) is 9.59 Å². The van der Waals surface area contributed by atoms with Crippen molar-refractivity contribution in [3.63, 3.8) is 0 Å². The summed E-state index contributed by atoms with van der Waals surface area (Å²) in [6.45, 7) is 5.84. The van der Waals surface area contributed by atoms with Crippen LogP contribution >= 0.6 is 11.8 Å². The van der Waals surface area contributed by atoms with Crippen molar-refractivity contribution in [2.24, 2.45) is 0 Å². The van der Waals surface area contributed by atoms with E-state index in [0.29, 0.717) is 24.7 Å². The highest BCUT2D eigenvalue weighted by Crippen LogP contribution is 2.24. The lowest BCUT2D eigenvalue weighted by atomic mass is 10.2. The zero-order valence-corrected chi connectivity index (χ0v) is 19.4. The maximum Gasteiger partial charge on any atom is 0.231 e. The maximum absolute atomic E-state index is 12.5. The number of hydrogen-bond donors (Lipinski definition) is 1. The molecular formula is C23H29N5O3S. The maximum atomic E-state index is 12.5. The highest BCUT2D eigenvalue weighted by molar-refractivity contribution is 7.99. The molecule has 1 N–H and O–H groups in total. The van der Waals surface area contributed by atoms with E-state index < -0.39 is 0 Å². The summed E-state index contributed by atoms with van der Waals surface area (Å²) in [5.41, 5.74) is 0.810. The molecule has 4 rings (SSSR count). The molecule has 1 aromatic carbocycles. The van der Waals surface area contributed by atoms with E-state index in [1.54, 1.807) is 0 Å². The lowest BCUT2D eigenvalue weighted by Crippen LogP contribution is -2.31. The summed E-state index contributed by atoms with van der Waals surface area (Å²) in [7, 11) is 0. The summed E-state index contributed by atoms with van der Waals surface area (Å²) in [5.74, 6) is 1.80. The van der Waals surface area contributed by atoms with Gasteiger partial charge in [-0.05, 0) is 38.8 Å². The highest BCUT2D eigenvalue weighted by atomic mass is 32.2. The van der Waals surface area contributed by atoms with E-state index >= 15 is 0 Å². The molecule has 1 fully saturated rings. The largest absolute Gasteiger partial charge is 0.459 e. The number of carbonyl (C=O) groups is 2. The molecule has 9 heteroatoms. The van der Waals surface area contributed by atoms with Crippen LogP contribution in [-0.4, -0.2) is 43.8 Å². The number of nitrogens with one attached hydrogen (secondary N) is 1. The highest BCUT2D eigenvalue weighted by Gasteiger charge is 2.21. The molecule has 2 amide bonds. The summed E-state index contributed by atoms with van der Waals surface area (Å²) in [5, 5.41) is 13.3. The average molecular weight is 456 g/mol. The second-order valence-corrected chi connectivity index (χ2v) is 8.98. The van der Waals surface area contributed by atoms with E-state index in [0.717, 1.165) is 48.4 Å². The molecule has 1 aliphatic rings. The minimum atomic E-state index is -0.232. The van der Waals surface area contributed by atoms with Crippen LogP contribution in [0.2, 0.25) is 0 Å². The number of nitrogens with zero attached hydrogens (tertiary/aromatic N) is 4. The molecule has 1 aliphatic heterocycles. The lowest BCUT2D eigenvalue weighted by Gasteiger charge is -2.20. The molecule has 0 saturated carbocycles. The van der Waals surface area contributed by atoms with Gasteiger partial charge in [0.2, 0.25) is 11.8 Å². The Morgan fingerprint density at radius 1 is 1.25 bits per heavy atom. The van der Waals surface area contributed by atoms with Gasteiger partial charge < -0.3 is 19.2 Å². The van der Waals surface area contributed by atoms with Crippen LogP contribution in [0.3, 0.4) is 0 Å². The van der Waals surface area contributed by atoms with Crippen molar-refractivity contribution in [3.05, 3.63) is 41.9 Å². The number of benzene rings is 1. The second kappa shape index (κ2) is 10.2. The monoisotopic (exact) mass is 455 g/mol. The smallest absolute Gasteiger partial charge is 0.231 e. The van der Waals surface area contributed by atoms with Crippen LogP contribution in [-0.2, 0) is 22.7 Å². The molecule has 0 bridgehead atoms. The Morgan fingerprint density at radius 3 is 2.91 bits per heavy atom. The minimum absolute atomic E-state index is 0.0992. The van der Waals surface area contributed by atoms with Gasteiger partial charge in [-0.1, -0.05) is 36.4 Å².